The van der Waals surface area contributed by atoms with Crippen LogP contribution in [0.25, 0.3) is 0 Å². The fraction of sp³-hybridized carbons (Fsp3) is 0.435. The molecule has 1 saturated heterocycles. The lowest BCUT2D eigenvalue weighted by Crippen LogP contribution is -2.44. The molecule has 27 heavy (non-hydrogen) atoms. The maximum Gasteiger partial charge on any atom is 0.235 e. The van der Waals surface area contributed by atoms with Gasteiger partial charge in [-0.25, -0.2) is 0 Å². The number of anilines is 1. The van der Waals surface area contributed by atoms with Crippen LogP contribution < -0.4 is 10.1 Å². The third-order valence-electron chi connectivity index (χ3n) is 5.23. The van der Waals surface area contributed by atoms with Crippen molar-refractivity contribution in [2.75, 3.05) is 25.1 Å². The lowest BCUT2D eigenvalue weighted by atomic mass is 9.73. The van der Waals surface area contributed by atoms with E-state index in [4.69, 9.17) is 9.47 Å². The van der Waals surface area contributed by atoms with Crippen molar-refractivity contribution in [2.24, 2.45) is 0 Å². The van der Waals surface area contributed by atoms with Gasteiger partial charge in [0.1, 0.15) is 5.75 Å². The highest BCUT2D eigenvalue weighted by molar-refractivity contribution is 5.99. The molecule has 4 heteroatoms. The summed E-state index contributed by atoms with van der Waals surface area (Å²) in [5, 5.41) is 3.11. The Hall–Kier alpha value is -2.33. The van der Waals surface area contributed by atoms with Crippen LogP contribution in [0.15, 0.2) is 48.5 Å². The summed E-state index contributed by atoms with van der Waals surface area (Å²) in [5.74, 6) is 0.872. The average Bonchev–Trinajstić information content (AvgIpc) is 2.70. The van der Waals surface area contributed by atoms with Crippen molar-refractivity contribution in [3.05, 3.63) is 59.7 Å². The molecule has 0 aliphatic carbocycles. The Kier molecular flexibility index (Phi) is 6.51. The van der Waals surface area contributed by atoms with Crippen molar-refractivity contribution < 1.29 is 14.3 Å². The molecule has 0 atom stereocenters. The second-order valence-electron chi connectivity index (χ2n) is 7.24. The van der Waals surface area contributed by atoms with E-state index in [9.17, 15) is 4.79 Å². The van der Waals surface area contributed by atoms with Crippen LogP contribution in [0.4, 0.5) is 5.69 Å². The first-order valence-corrected chi connectivity index (χ1v) is 9.83. The van der Waals surface area contributed by atoms with Crippen LogP contribution in [0.2, 0.25) is 0 Å². The zero-order valence-corrected chi connectivity index (χ0v) is 16.3. The summed E-state index contributed by atoms with van der Waals surface area (Å²) < 4.78 is 11.2. The lowest BCUT2D eigenvalue weighted by Gasteiger charge is -2.36. The number of nitrogens with one attached hydrogen (secondary N) is 1. The molecule has 0 unspecified atom stereocenters. The van der Waals surface area contributed by atoms with Crippen LogP contribution in [-0.4, -0.2) is 25.7 Å². The quantitative estimate of drug-likeness (QED) is 0.711. The highest BCUT2D eigenvalue weighted by atomic mass is 16.5. The zero-order valence-electron chi connectivity index (χ0n) is 16.3. The molecule has 1 aliphatic heterocycles. The number of carbonyl (C=O) groups excluding carboxylic acids is 1. The topological polar surface area (TPSA) is 47.6 Å². The van der Waals surface area contributed by atoms with E-state index >= 15 is 0 Å². The fourth-order valence-electron chi connectivity index (χ4n) is 3.53. The molecule has 0 radical (unpaired) electrons. The van der Waals surface area contributed by atoms with Gasteiger partial charge in [0.05, 0.1) is 12.0 Å². The van der Waals surface area contributed by atoms with E-state index in [2.05, 4.69) is 37.4 Å². The van der Waals surface area contributed by atoms with Gasteiger partial charge in [0, 0.05) is 18.9 Å². The predicted molar refractivity (Wildman–Crippen MR) is 108 cm³/mol. The normalized spacial score (nSPS) is 15.9. The molecule has 2 aromatic carbocycles. The van der Waals surface area contributed by atoms with E-state index in [0.29, 0.717) is 26.1 Å². The molecule has 2 aromatic rings. The van der Waals surface area contributed by atoms with E-state index in [1.807, 2.05) is 30.3 Å². The third kappa shape index (κ3) is 4.69. The number of hydrogen-bond acceptors (Lipinski definition) is 3. The monoisotopic (exact) mass is 367 g/mol. The van der Waals surface area contributed by atoms with Crippen molar-refractivity contribution in [3.63, 3.8) is 0 Å². The molecule has 1 fully saturated rings. The summed E-state index contributed by atoms with van der Waals surface area (Å²) in [6.45, 7) is 6.13. The molecule has 0 aromatic heterocycles. The van der Waals surface area contributed by atoms with Gasteiger partial charge in [-0.1, -0.05) is 43.2 Å². The number of rotatable bonds is 7. The molecule has 1 heterocycles. The molecule has 144 valence electrons. The van der Waals surface area contributed by atoms with Crippen LogP contribution in [-0.2, 0) is 14.9 Å². The van der Waals surface area contributed by atoms with E-state index < -0.39 is 5.41 Å². The number of unbranched alkanes of at least 4 members (excludes halogenated alkanes) is 1. The number of carbonyl (C=O) groups is 1. The molecule has 1 amide bonds. The first-order chi connectivity index (χ1) is 13.1. The highest BCUT2D eigenvalue weighted by Crippen LogP contribution is 2.36. The van der Waals surface area contributed by atoms with Crippen molar-refractivity contribution in [2.45, 2.75) is 44.9 Å². The fourth-order valence-corrected chi connectivity index (χ4v) is 3.53. The van der Waals surface area contributed by atoms with Gasteiger partial charge >= 0.3 is 0 Å². The van der Waals surface area contributed by atoms with Gasteiger partial charge in [-0.05, 0) is 56.0 Å². The van der Waals surface area contributed by atoms with Gasteiger partial charge in [0.15, 0.2) is 0 Å². The SMILES string of the molecule is CCCCOc1ccc(NC(=O)C2(c3cccc(C)c3)CCOCC2)cc1. The standard InChI is InChI=1S/C23H29NO3/c1-3-4-14-27-21-10-8-20(9-11-21)24-22(25)23(12-15-26-16-13-23)19-7-5-6-18(2)17-19/h5-11,17H,3-4,12-16H2,1-2H3,(H,24,25). The van der Waals surface area contributed by atoms with E-state index in [-0.39, 0.29) is 5.91 Å². The number of amides is 1. The summed E-state index contributed by atoms with van der Waals surface area (Å²) in [6.07, 6.45) is 3.54. The highest BCUT2D eigenvalue weighted by Gasteiger charge is 2.41. The molecule has 0 bridgehead atoms. The van der Waals surface area contributed by atoms with Crippen LogP contribution in [0.3, 0.4) is 0 Å². The minimum atomic E-state index is -0.541. The number of hydrogen-bond donors (Lipinski definition) is 1. The van der Waals surface area contributed by atoms with Gasteiger partial charge in [-0.2, -0.15) is 0 Å². The summed E-state index contributed by atoms with van der Waals surface area (Å²) >= 11 is 0. The molecular weight excluding hydrogens is 338 g/mol. The third-order valence-corrected chi connectivity index (χ3v) is 5.23. The van der Waals surface area contributed by atoms with Gasteiger partial charge in [-0.15, -0.1) is 0 Å². The average molecular weight is 367 g/mol. The molecular formula is C23H29NO3. The van der Waals surface area contributed by atoms with Crippen molar-refractivity contribution in [3.8, 4) is 5.75 Å². The number of benzene rings is 2. The first kappa shape index (κ1) is 19.4. The summed E-state index contributed by atoms with van der Waals surface area (Å²) in [7, 11) is 0. The van der Waals surface area contributed by atoms with Crippen molar-refractivity contribution in [1.29, 1.82) is 0 Å². The van der Waals surface area contributed by atoms with Crippen LogP contribution in [0.1, 0.15) is 43.7 Å². The van der Waals surface area contributed by atoms with Crippen molar-refractivity contribution >= 4 is 11.6 Å². The summed E-state index contributed by atoms with van der Waals surface area (Å²) in [4.78, 5) is 13.3. The predicted octanol–water partition coefficient (Wildman–Crippen LogP) is 4.86. The van der Waals surface area contributed by atoms with E-state index in [0.717, 1.165) is 36.4 Å². The molecule has 3 rings (SSSR count). The molecule has 0 spiro atoms. The largest absolute Gasteiger partial charge is 0.494 e. The summed E-state index contributed by atoms with van der Waals surface area (Å²) in [6, 6.07) is 15.9. The molecule has 1 aliphatic rings. The molecule has 0 saturated carbocycles. The Morgan fingerprint density at radius 2 is 1.89 bits per heavy atom. The Labute approximate surface area is 161 Å². The Morgan fingerprint density at radius 3 is 2.56 bits per heavy atom. The van der Waals surface area contributed by atoms with Crippen LogP contribution in [0.5, 0.6) is 5.75 Å². The van der Waals surface area contributed by atoms with Gasteiger partial charge in [0.25, 0.3) is 0 Å². The Balaban J connectivity index is 1.75. The molecule has 1 N–H and O–H groups in total. The minimum Gasteiger partial charge on any atom is -0.494 e. The smallest absolute Gasteiger partial charge is 0.235 e. The number of aryl methyl sites for hydroxylation is 1. The summed E-state index contributed by atoms with van der Waals surface area (Å²) in [5.41, 5.74) is 2.49. The van der Waals surface area contributed by atoms with E-state index in [1.165, 1.54) is 5.56 Å². The maximum absolute atomic E-state index is 13.3. The van der Waals surface area contributed by atoms with Gasteiger partial charge < -0.3 is 14.8 Å². The van der Waals surface area contributed by atoms with E-state index in [1.54, 1.807) is 0 Å². The Bertz CT molecular complexity index is 748. The van der Waals surface area contributed by atoms with Crippen LogP contribution >= 0.6 is 0 Å². The first-order valence-electron chi connectivity index (χ1n) is 9.83. The van der Waals surface area contributed by atoms with Crippen LogP contribution in [0, 0.1) is 6.92 Å². The zero-order chi connectivity index (χ0) is 19.1. The second-order valence-corrected chi connectivity index (χ2v) is 7.24. The van der Waals surface area contributed by atoms with Gasteiger partial charge in [0.2, 0.25) is 5.91 Å². The second kappa shape index (κ2) is 9.05. The maximum atomic E-state index is 13.3. The minimum absolute atomic E-state index is 0.0380. The molecule has 4 nitrogen and oxygen atoms in total. The Morgan fingerprint density at radius 1 is 1.15 bits per heavy atom. The lowest BCUT2D eigenvalue weighted by molar-refractivity contribution is -0.125. The van der Waals surface area contributed by atoms with Gasteiger partial charge in [-0.3, -0.25) is 4.79 Å². The number of ether oxygens (including phenoxy) is 2. The van der Waals surface area contributed by atoms with Crippen molar-refractivity contribution in [1.82, 2.24) is 0 Å².